The van der Waals surface area contributed by atoms with E-state index < -0.39 is 0 Å². The van der Waals surface area contributed by atoms with Crippen molar-refractivity contribution in [3.05, 3.63) is 48.8 Å². The largest absolute Gasteiger partial charge is 0.384 e. The first-order chi connectivity index (χ1) is 9.85. The number of hydrogen-bond donors (Lipinski definition) is 1. The lowest BCUT2D eigenvalue weighted by Crippen LogP contribution is -2.18. The number of nitriles is 1. The van der Waals surface area contributed by atoms with Gasteiger partial charge < -0.3 is 10.2 Å². The van der Waals surface area contributed by atoms with E-state index in [9.17, 15) is 0 Å². The molecule has 1 aromatic carbocycles. The molecule has 0 bridgehead atoms. The maximum atomic E-state index is 8.84. The van der Waals surface area contributed by atoms with Crippen LogP contribution in [-0.2, 0) is 0 Å². The maximum absolute atomic E-state index is 8.84. The second kappa shape index (κ2) is 7.15. The van der Waals surface area contributed by atoms with Crippen LogP contribution in [0.15, 0.2) is 48.8 Å². The highest BCUT2D eigenvalue weighted by molar-refractivity contribution is 5.65. The molecule has 4 nitrogen and oxygen atoms in total. The van der Waals surface area contributed by atoms with Gasteiger partial charge in [-0.25, -0.2) is 0 Å². The van der Waals surface area contributed by atoms with Crippen molar-refractivity contribution < 1.29 is 0 Å². The molecule has 1 N–H and O–H groups in total. The van der Waals surface area contributed by atoms with Crippen LogP contribution in [0, 0.1) is 11.3 Å². The number of para-hydroxylation sites is 1. The quantitative estimate of drug-likeness (QED) is 0.868. The Kier molecular flexibility index (Phi) is 4.96. The van der Waals surface area contributed by atoms with Crippen LogP contribution in [0.5, 0.6) is 0 Å². The third-order valence-corrected chi connectivity index (χ3v) is 2.93. The summed E-state index contributed by atoms with van der Waals surface area (Å²) in [6, 6.07) is 14.3. The van der Waals surface area contributed by atoms with Crippen molar-refractivity contribution in [1.82, 2.24) is 4.98 Å². The summed E-state index contributed by atoms with van der Waals surface area (Å²) in [7, 11) is 0. The van der Waals surface area contributed by atoms with Gasteiger partial charge in [-0.3, -0.25) is 4.98 Å². The third-order valence-electron chi connectivity index (χ3n) is 2.93. The monoisotopic (exact) mass is 266 g/mol. The molecule has 0 atom stereocenters. The summed E-state index contributed by atoms with van der Waals surface area (Å²) in [5.41, 5.74) is 3.05. The van der Waals surface area contributed by atoms with Gasteiger partial charge in [-0.2, -0.15) is 5.26 Å². The molecule has 0 aliphatic rings. The fourth-order valence-corrected chi connectivity index (χ4v) is 2.05. The fourth-order valence-electron chi connectivity index (χ4n) is 2.05. The fraction of sp³-hybridized carbons (Fsp3) is 0.250. The minimum Gasteiger partial charge on any atom is -0.384 e. The van der Waals surface area contributed by atoms with Crippen molar-refractivity contribution in [3.8, 4) is 6.07 Å². The first-order valence-electron chi connectivity index (χ1n) is 6.73. The number of anilines is 3. The molecule has 1 heterocycles. The Morgan fingerprint density at radius 1 is 1.20 bits per heavy atom. The van der Waals surface area contributed by atoms with Crippen LogP contribution in [0.3, 0.4) is 0 Å². The van der Waals surface area contributed by atoms with E-state index in [1.807, 2.05) is 36.5 Å². The lowest BCUT2D eigenvalue weighted by molar-refractivity contribution is 0.943. The first-order valence-corrected chi connectivity index (χ1v) is 6.73. The molecule has 102 valence electrons. The summed E-state index contributed by atoms with van der Waals surface area (Å²) in [6.07, 6.45) is 4.10. The van der Waals surface area contributed by atoms with E-state index >= 15 is 0 Å². The highest BCUT2D eigenvalue weighted by Gasteiger charge is 2.09. The number of hydrogen-bond acceptors (Lipinski definition) is 4. The van der Waals surface area contributed by atoms with Gasteiger partial charge in [-0.1, -0.05) is 18.2 Å². The van der Waals surface area contributed by atoms with Crippen LogP contribution in [-0.4, -0.2) is 18.1 Å². The summed E-state index contributed by atoms with van der Waals surface area (Å²) in [5.74, 6) is 0. The minimum atomic E-state index is 0.473. The molecule has 4 heteroatoms. The van der Waals surface area contributed by atoms with E-state index in [0.29, 0.717) is 13.0 Å². The van der Waals surface area contributed by atoms with E-state index in [0.717, 1.165) is 23.6 Å². The average molecular weight is 266 g/mol. The van der Waals surface area contributed by atoms with Crippen LogP contribution in [0.25, 0.3) is 0 Å². The predicted molar refractivity (Wildman–Crippen MR) is 82.1 cm³/mol. The van der Waals surface area contributed by atoms with Gasteiger partial charge in [0, 0.05) is 18.8 Å². The minimum absolute atomic E-state index is 0.473. The average Bonchev–Trinajstić information content (AvgIpc) is 2.50. The predicted octanol–water partition coefficient (Wildman–Crippen LogP) is 3.57. The van der Waals surface area contributed by atoms with Gasteiger partial charge in [-0.05, 0) is 25.1 Å². The van der Waals surface area contributed by atoms with Crippen molar-refractivity contribution in [2.24, 2.45) is 0 Å². The zero-order chi connectivity index (χ0) is 14.2. The van der Waals surface area contributed by atoms with Gasteiger partial charge in [0.25, 0.3) is 0 Å². The SMILES string of the molecule is CCNc1cncc(N(CCC#N)c2ccccc2)c1. The normalized spacial score (nSPS) is 9.80. The van der Waals surface area contributed by atoms with E-state index in [1.54, 1.807) is 6.20 Å². The van der Waals surface area contributed by atoms with Gasteiger partial charge in [0.1, 0.15) is 0 Å². The third kappa shape index (κ3) is 3.48. The Morgan fingerprint density at radius 3 is 2.70 bits per heavy atom. The second-order valence-corrected chi connectivity index (χ2v) is 4.36. The summed E-state index contributed by atoms with van der Waals surface area (Å²) >= 11 is 0. The topological polar surface area (TPSA) is 52.0 Å². The van der Waals surface area contributed by atoms with Gasteiger partial charge in [0.15, 0.2) is 0 Å². The van der Waals surface area contributed by atoms with E-state index in [2.05, 4.69) is 34.3 Å². The molecular weight excluding hydrogens is 248 g/mol. The Balaban J connectivity index is 2.31. The Hall–Kier alpha value is -2.54. The van der Waals surface area contributed by atoms with Crippen LogP contribution in [0.4, 0.5) is 17.1 Å². The molecule has 0 fully saturated rings. The van der Waals surface area contributed by atoms with E-state index in [-0.39, 0.29) is 0 Å². The van der Waals surface area contributed by atoms with Gasteiger partial charge in [0.2, 0.25) is 0 Å². The van der Waals surface area contributed by atoms with E-state index in [4.69, 9.17) is 5.26 Å². The number of nitrogens with one attached hydrogen (secondary N) is 1. The molecule has 0 spiro atoms. The van der Waals surface area contributed by atoms with Crippen LogP contribution >= 0.6 is 0 Å². The molecule has 0 aliphatic heterocycles. The smallest absolute Gasteiger partial charge is 0.0640 e. The molecular formula is C16H18N4. The summed E-state index contributed by atoms with van der Waals surface area (Å²) in [5, 5.41) is 12.1. The van der Waals surface area contributed by atoms with Crippen LogP contribution < -0.4 is 10.2 Å². The van der Waals surface area contributed by atoms with Crippen molar-refractivity contribution in [2.45, 2.75) is 13.3 Å². The molecule has 20 heavy (non-hydrogen) atoms. The molecule has 2 rings (SSSR count). The van der Waals surface area contributed by atoms with Gasteiger partial charge in [-0.15, -0.1) is 0 Å². The number of pyridine rings is 1. The highest BCUT2D eigenvalue weighted by atomic mass is 15.1. The van der Waals surface area contributed by atoms with Gasteiger partial charge in [0.05, 0.1) is 36.3 Å². The lowest BCUT2D eigenvalue weighted by atomic mass is 10.2. The van der Waals surface area contributed by atoms with Crippen LogP contribution in [0.2, 0.25) is 0 Å². The summed E-state index contributed by atoms with van der Waals surface area (Å²) in [4.78, 5) is 6.38. The zero-order valence-electron chi connectivity index (χ0n) is 11.6. The number of aromatic nitrogens is 1. The van der Waals surface area contributed by atoms with Gasteiger partial charge >= 0.3 is 0 Å². The number of rotatable bonds is 6. The molecule has 1 aromatic heterocycles. The highest BCUT2D eigenvalue weighted by Crippen LogP contribution is 2.26. The van der Waals surface area contributed by atoms with Crippen molar-refractivity contribution >= 4 is 17.1 Å². The summed E-state index contributed by atoms with van der Waals surface area (Å²) in [6.45, 7) is 3.56. The second-order valence-electron chi connectivity index (χ2n) is 4.36. The molecule has 0 amide bonds. The Labute approximate surface area is 119 Å². The zero-order valence-corrected chi connectivity index (χ0v) is 11.6. The molecule has 0 unspecified atom stereocenters. The number of nitrogens with zero attached hydrogens (tertiary/aromatic N) is 3. The van der Waals surface area contributed by atoms with Crippen molar-refractivity contribution in [3.63, 3.8) is 0 Å². The Bertz CT molecular complexity index is 575. The van der Waals surface area contributed by atoms with Crippen LogP contribution in [0.1, 0.15) is 13.3 Å². The van der Waals surface area contributed by atoms with E-state index in [1.165, 1.54) is 0 Å². The number of benzene rings is 1. The lowest BCUT2D eigenvalue weighted by Gasteiger charge is -2.24. The molecule has 2 aromatic rings. The maximum Gasteiger partial charge on any atom is 0.0640 e. The molecule has 0 radical (unpaired) electrons. The first kappa shape index (κ1) is 13.9. The van der Waals surface area contributed by atoms with Crippen molar-refractivity contribution in [2.75, 3.05) is 23.3 Å². The molecule has 0 aliphatic carbocycles. The van der Waals surface area contributed by atoms with Crippen molar-refractivity contribution in [1.29, 1.82) is 5.26 Å². The molecule has 0 saturated carbocycles. The Morgan fingerprint density at radius 2 is 2.00 bits per heavy atom. The molecule has 0 saturated heterocycles. The standard InChI is InChI=1S/C16H18N4/c1-2-19-14-11-16(13-18-12-14)20(10-6-9-17)15-7-4-3-5-8-15/h3-5,7-8,11-13,19H,2,6,10H2,1H3. The summed E-state index contributed by atoms with van der Waals surface area (Å²) < 4.78 is 0.